The number of fused-ring (bicyclic) bond motifs is 1. The highest BCUT2D eigenvalue weighted by Gasteiger charge is 2.33. The van der Waals surface area contributed by atoms with E-state index < -0.39 is 24.3 Å². The molecule has 0 spiro atoms. The fraction of sp³-hybridized carbons (Fsp3) is 0.217. The van der Waals surface area contributed by atoms with Crippen molar-refractivity contribution < 1.29 is 24.2 Å². The van der Waals surface area contributed by atoms with Gasteiger partial charge in [-0.1, -0.05) is 41.4 Å². The van der Waals surface area contributed by atoms with Gasteiger partial charge in [-0.05, 0) is 31.2 Å². The highest BCUT2D eigenvalue weighted by atomic mass is 35.5. The number of carboxylic acids is 1. The lowest BCUT2D eigenvalue weighted by Gasteiger charge is -2.33. The molecule has 0 aliphatic carbocycles. The van der Waals surface area contributed by atoms with E-state index in [-0.39, 0.29) is 24.7 Å². The van der Waals surface area contributed by atoms with Crippen molar-refractivity contribution >= 4 is 57.6 Å². The summed E-state index contributed by atoms with van der Waals surface area (Å²) in [5.74, 6) is -1.56. The molecule has 170 valence electrons. The molecule has 8 nitrogen and oxygen atoms in total. The molecule has 1 aliphatic rings. The maximum Gasteiger partial charge on any atom is 0.323 e. The third-order valence-corrected chi connectivity index (χ3v) is 6.03. The summed E-state index contributed by atoms with van der Waals surface area (Å²) in [5, 5.41) is 10.4. The largest absolute Gasteiger partial charge is 0.487 e. The molecule has 1 aromatic heterocycles. The predicted molar refractivity (Wildman–Crippen MR) is 124 cm³/mol. The Morgan fingerprint density at radius 1 is 1.09 bits per heavy atom. The number of para-hydroxylation sites is 1. The van der Waals surface area contributed by atoms with Crippen LogP contribution in [0.1, 0.15) is 11.3 Å². The molecule has 2 amide bonds. The van der Waals surface area contributed by atoms with Gasteiger partial charge in [-0.2, -0.15) is 0 Å². The first-order chi connectivity index (χ1) is 15.7. The molecule has 0 unspecified atom stereocenters. The average Bonchev–Trinajstić information content (AvgIpc) is 2.76. The lowest BCUT2D eigenvalue weighted by atomic mass is 10.1. The molecular formula is C23H19Cl2N3O5. The van der Waals surface area contributed by atoms with Crippen molar-refractivity contribution in [1.82, 2.24) is 9.88 Å². The number of pyridine rings is 1. The van der Waals surface area contributed by atoms with Crippen LogP contribution in [0.4, 0.5) is 5.69 Å². The number of aliphatic carboxylic acids is 1. The molecule has 1 fully saturated rings. The fourth-order valence-electron chi connectivity index (χ4n) is 3.60. The molecule has 10 heteroatoms. The van der Waals surface area contributed by atoms with Gasteiger partial charge in [-0.25, -0.2) is 4.98 Å². The fourth-order valence-corrected chi connectivity index (χ4v) is 4.18. The van der Waals surface area contributed by atoms with Crippen LogP contribution in [0.15, 0.2) is 42.5 Å². The molecule has 1 N–H and O–H groups in total. The van der Waals surface area contributed by atoms with Gasteiger partial charge < -0.3 is 14.7 Å². The van der Waals surface area contributed by atoms with Crippen LogP contribution < -0.4 is 9.64 Å². The highest BCUT2D eigenvalue weighted by Crippen LogP contribution is 2.36. The summed E-state index contributed by atoms with van der Waals surface area (Å²) in [7, 11) is 0. The molecule has 0 bridgehead atoms. The van der Waals surface area contributed by atoms with Gasteiger partial charge in [0.15, 0.2) is 0 Å². The first kappa shape index (κ1) is 22.8. The number of carbonyl (C=O) groups excluding carboxylic acids is 2. The summed E-state index contributed by atoms with van der Waals surface area (Å²) in [5.41, 5.74) is 2.31. The zero-order chi connectivity index (χ0) is 23.7. The standard InChI is InChI=1S/C23H19Cl2N3O5/c1-13-5-6-14-3-2-4-18(23(14)26-13)33-12-15-16(24)7-8-17(22(15)25)28-10-19(29)27(9-20(28)30)11-21(31)32/h2-8H,9-12H2,1H3,(H,31,32). The molecule has 1 saturated heterocycles. The molecule has 33 heavy (non-hydrogen) atoms. The van der Waals surface area contributed by atoms with Crippen LogP contribution in [0.3, 0.4) is 0 Å². The van der Waals surface area contributed by atoms with Crippen LogP contribution >= 0.6 is 23.2 Å². The summed E-state index contributed by atoms with van der Waals surface area (Å²) in [6.45, 7) is 0.699. The van der Waals surface area contributed by atoms with Crippen molar-refractivity contribution in [3.63, 3.8) is 0 Å². The molecule has 1 aliphatic heterocycles. The zero-order valence-corrected chi connectivity index (χ0v) is 19.1. The number of hydrogen-bond acceptors (Lipinski definition) is 5. The number of piperazine rings is 1. The van der Waals surface area contributed by atoms with Crippen molar-refractivity contribution in [2.75, 3.05) is 24.5 Å². The van der Waals surface area contributed by atoms with Gasteiger partial charge >= 0.3 is 5.97 Å². The lowest BCUT2D eigenvalue weighted by molar-refractivity contribution is -0.146. The van der Waals surface area contributed by atoms with E-state index in [1.165, 1.54) is 4.90 Å². The van der Waals surface area contributed by atoms with Crippen LogP contribution in [0, 0.1) is 6.92 Å². The number of aryl methyl sites for hydroxylation is 1. The van der Waals surface area contributed by atoms with Gasteiger partial charge in [-0.3, -0.25) is 19.3 Å². The maximum atomic E-state index is 12.6. The molecule has 0 radical (unpaired) electrons. The second-order valence-electron chi connectivity index (χ2n) is 7.55. The van der Waals surface area contributed by atoms with Gasteiger partial charge in [-0.15, -0.1) is 0 Å². The summed E-state index contributed by atoms with van der Waals surface area (Å²) >= 11 is 13.0. The van der Waals surface area contributed by atoms with E-state index in [1.54, 1.807) is 18.2 Å². The molecule has 2 aromatic carbocycles. The SMILES string of the molecule is Cc1ccc2cccc(OCc3c(Cl)ccc(N4CC(=O)N(CC(=O)O)CC4=O)c3Cl)c2n1. The summed E-state index contributed by atoms with van der Waals surface area (Å²) in [4.78, 5) is 42.7. The molecular weight excluding hydrogens is 469 g/mol. The maximum absolute atomic E-state index is 12.6. The zero-order valence-electron chi connectivity index (χ0n) is 17.5. The number of hydrogen-bond donors (Lipinski definition) is 1. The Hall–Kier alpha value is -3.36. The number of rotatable bonds is 6. The lowest BCUT2D eigenvalue weighted by Crippen LogP contribution is -2.55. The molecule has 0 saturated carbocycles. The van der Waals surface area contributed by atoms with Gasteiger partial charge in [0, 0.05) is 21.7 Å². The second-order valence-corrected chi connectivity index (χ2v) is 8.34. The van der Waals surface area contributed by atoms with Crippen molar-refractivity contribution in [3.05, 3.63) is 63.8 Å². The van der Waals surface area contributed by atoms with Crippen LogP contribution in [-0.2, 0) is 21.0 Å². The Balaban J connectivity index is 1.60. The predicted octanol–water partition coefficient (Wildman–Crippen LogP) is 3.69. The van der Waals surface area contributed by atoms with E-state index in [4.69, 9.17) is 33.0 Å². The van der Waals surface area contributed by atoms with E-state index >= 15 is 0 Å². The van der Waals surface area contributed by atoms with Crippen molar-refractivity contribution in [1.29, 1.82) is 0 Å². The molecule has 4 rings (SSSR count). The van der Waals surface area contributed by atoms with E-state index in [1.807, 2.05) is 31.2 Å². The van der Waals surface area contributed by atoms with Crippen LogP contribution in [-0.4, -0.2) is 52.4 Å². The minimum atomic E-state index is -1.19. The van der Waals surface area contributed by atoms with Crippen LogP contribution in [0.5, 0.6) is 5.75 Å². The van der Waals surface area contributed by atoms with E-state index in [2.05, 4.69) is 4.98 Å². The van der Waals surface area contributed by atoms with Crippen molar-refractivity contribution in [2.24, 2.45) is 0 Å². The van der Waals surface area contributed by atoms with Gasteiger partial charge in [0.2, 0.25) is 11.8 Å². The highest BCUT2D eigenvalue weighted by molar-refractivity contribution is 6.38. The van der Waals surface area contributed by atoms with Crippen LogP contribution in [0.2, 0.25) is 10.0 Å². The average molecular weight is 488 g/mol. The monoisotopic (exact) mass is 487 g/mol. The van der Waals surface area contributed by atoms with E-state index in [0.717, 1.165) is 16.0 Å². The first-order valence-corrected chi connectivity index (χ1v) is 10.8. The topological polar surface area (TPSA) is 100 Å². The summed E-state index contributed by atoms with van der Waals surface area (Å²) in [6, 6.07) is 12.6. The third-order valence-electron chi connectivity index (χ3n) is 5.25. The Labute approximate surface area is 199 Å². The Morgan fingerprint density at radius 2 is 1.88 bits per heavy atom. The van der Waals surface area contributed by atoms with Gasteiger partial charge in [0.1, 0.15) is 37.5 Å². The van der Waals surface area contributed by atoms with Crippen LogP contribution in [0.25, 0.3) is 10.9 Å². The molecule has 3 aromatic rings. The minimum Gasteiger partial charge on any atom is -0.487 e. The number of aromatic nitrogens is 1. The second kappa shape index (κ2) is 9.25. The molecule has 0 atom stereocenters. The smallest absolute Gasteiger partial charge is 0.323 e. The summed E-state index contributed by atoms with van der Waals surface area (Å²) < 4.78 is 6.00. The number of halogens is 2. The number of benzene rings is 2. The minimum absolute atomic E-state index is 0.0152. The Bertz CT molecular complexity index is 1280. The summed E-state index contributed by atoms with van der Waals surface area (Å²) in [6.07, 6.45) is 0. The number of carbonyl (C=O) groups is 3. The number of carboxylic acid groups (broad SMARTS) is 1. The quantitative estimate of drug-likeness (QED) is 0.568. The third kappa shape index (κ3) is 4.72. The Morgan fingerprint density at radius 3 is 2.64 bits per heavy atom. The number of nitrogens with zero attached hydrogens (tertiary/aromatic N) is 3. The normalized spacial score (nSPS) is 14.2. The number of amides is 2. The van der Waals surface area contributed by atoms with E-state index in [9.17, 15) is 14.4 Å². The number of anilines is 1. The van der Waals surface area contributed by atoms with Crippen molar-refractivity contribution in [3.8, 4) is 5.75 Å². The number of ether oxygens (including phenoxy) is 1. The molecule has 2 heterocycles. The first-order valence-electron chi connectivity index (χ1n) is 10.0. The Kier molecular flexibility index (Phi) is 6.40. The van der Waals surface area contributed by atoms with E-state index in [0.29, 0.717) is 27.5 Å². The van der Waals surface area contributed by atoms with Crippen molar-refractivity contribution in [2.45, 2.75) is 13.5 Å². The van der Waals surface area contributed by atoms with Gasteiger partial charge in [0.05, 0.1) is 10.7 Å². The van der Waals surface area contributed by atoms with Gasteiger partial charge in [0.25, 0.3) is 0 Å².